The highest BCUT2D eigenvalue weighted by Crippen LogP contribution is 2.48. The molecule has 1 heterocycles. The van der Waals surface area contributed by atoms with Gasteiger partial charge in [0.1, 0.15) is 10.6 Å². The monoisotopic (exact) mass is 296 g/mol. The molecule has 0 saturated heterocycles. The topological polar surface area (TPSA) is 48.1 Å². The Balaban J connectivity index is 2.31. The van der Waals surface area contributed by atoms with Crippen molar-refractivity contribution < 1.29 is 4.74 Å². The van der Waals surface area contributed by atoms with Crippen molar-refractivity contribution in [1.82, 2.24) is 4.98 Å². The van der Waals surface area contributed by atoms with Crippen molar-refractivity contribution in [2.75, 3.05) is 6.61 Å². The van der Waals surface area contributed by atoms with Crippen molar-refractivity contribution in [2.24, 2.45) is 11.1 Å². The van der Waals surface area contributed by atoms with Gasteiger partial charge in [0, 0.05) is 18.0 Å². The Labute approximate surface area is 126 Å². The van der Waals surface area contributed by atoms with E-state index in [0.717, 1.165) is 36.6 Å². The Bertz CT molecular complexity index is 422. The second-order valence-corrected chi connectivity index (χ2v) is 7.62. The number of nitrogens with zero attached hydrogens (tertiary/aromatic N) is 1. The Morgan fingerprint density at radius 1 is 1.20 bits per heavy atom. The molecule has 1 aliphatic rings. The molecule has 1 aliphatic carbocycles. The third-order valence-corrected chi connectivity index (χ3v) is 5.83. The molecule has 1 aromatic rings. The predicted molar refractivity (Wildman–Crippen MR) is 84.9 cm³/mol. The van der Waals surface area contributed by atoms with Gasteiger partial charge in [-0.1, -0.05) is 20.8 Å². The van der Waals surface area contributed by atoms with E-state index in [4.69, 9.17) is 15.5 Å². The highest BCUT2D eigenvalue weighted by Gasteiger charge is 2.42. The summed E-state index contributed by atoms with van der Waals surface area (Å²) >= 11 is 1.77. The van der Waals surface area contributed by atoms with Crippen LogP contribution in [0.2, 0.25) is 0 Å². The highest BCUT2D eigenvalue weighted by molar-refractivity contribution is 7.11. The van der Waals surface area contributed by atoms with Crippen LogP contribution in [0, 0.1) is 5.41 Å². The number of hydrogen-bond donors (Lipinski definition) is 1. The molecule has 0 amide bonds. The van der Waals surface area contributed by atoms with Crippen molar-refractivity contribution in [3.8, 4) is 0 Å². The van der Waals surface area contributed by atoms with E-state index in [1.54, 1.807) is 11.3 Å². The summed E-state index contributed by atoms with van der Waals surface area (Å²) in [6.07, 6.45) is 5.51. The fourth-order valence-electron chi connectivity index (χ4n) is 3.04. The molecule has 2 rings (SSSR count). The number of nitrogens with two attached hydrogens (primary N) is 1. The van der Waals surface area contributed by atoms with Gasteiger partial charge in [0.05, 0.1) is 5.69 Å². The van der Waals surface area contributed by atoms with Gasteiger partial charge in [-0.2, -0.15) is 0 Å². The van der Waals surface area contributed by atoms with Crippen LogP contribution in [0.25, 0.3) is 0 Å². The quantitative estimate of drug-likeness (QED) is 0.893. The van der Waals surface area contributed by atoms with E-state index >= 15 is 0 Å². The van der Waals surface area contributed by atoms with Crippen LogP contribution < -0.4 is 5.73 Å². The van der Waals surface area contributed by atoms with Gasteiger partial charge < -0.3 is 10.5 Å². The van der Waals surface area contributed by atoms with Gasteiger partial charge in [0.2, 0.25) is 0 Å². The smallest absolute Gasteiger partial charge is 0.125 e. The maximum absolute atomic E-state index is 6.21. The number of rotatable bonds is 5. The molecule has 0 unspecified atom stereocenters. The molecule has 1 aromatic heterocycles. The maximum Gasteiger partial charge on any atom is 0.125 e. The first-order chi connectivity index (χ1) is 9.46. The van der Waals surface area contributed by atoms with Crippen LogP contribution in [0.1, 0.15) is 69.0 Å². The molecular formula is C16H28N2OS. The minimum Gasteiger partial charge on any atom is -0.368 e. The van der Waals surface area contributed by atoms with Crippen molar-refractivity contribution in [3.05, 3.63) is 15.6 Å². The van der Waals surface area contributed by atoms with Crippen LogP contribution in [0.15, 0.2) is 0 Å². The summed E-state index contributed by atoms with van der Waals surface area (Å²) in [5, 5.41) is 1.16. The largest absolute Gasteiger partial charge is 0.368 e. The first-order valence-electron chi connectivity index (χ1n) is 7.79. The predicted octanol–water partition coefficient (Wildman–Crippen LogP) is 4.00. The van der Waals surface area contributed by atoms with Crippen LogP contribution in [-0.4, -0.2) is 11.6 Å². The van der Waals surface area contributed by atoms with Crippen LogP contribution in [0.5, 0.6) is 0 Å². The summed E-state index contributed by atoms with van der Waals surface area (Å²) in [6.45, 7) is 10.3. The summed E-state index contributed by atoms with van der Waals surface area (Å²) in [5.74, 6) is 0. The van der Waals surface area contributed by atoms with Gasteiger partial charge in [-0.3, -0.25) is 0 Å². The van der Waals surface area contributed by atoms with Crippen LogP contribution >= 0.6 is 11.3 Å². The van der Waals surface area contributed by atoms with Gasteiger partial charge in [0.15, 0.2) is 0 Å². The van der Waals surface area contributed by atoms with E-state index in [-0.39, 0.29) is 5.60 Å². The number of thiazole rings is 1. The van der Waals surface area contributed by atoms with Gasteiger partial charge in [0.25, 0.3) is 0 Å². The second kappa shape index (κ2) is 6.12. The minimum atomic E-state index is -0.160. The molecule has 0 bridgehead atoms. The Morgan fingerprint density at radius 2 is 1.85 bits per heavy atom. The van der Waals surface area contributed by atoms with Gasteiger partial charge in [-0.15, -0.1) is 11.3 Å². The lowest BCUT2D eigenvalue weighted by Gasteiger charge is -2.42. The van der Waals surface area contributed by atoms with Gasteiger partial charge >= 0.3 is 0 Å². The fraction of sp³-hybridized carbons (Fsp3) is 0.812. The van der Waals surface area contributed by atoms with Crippen LogP contribution in [0.3, 0.4) is 0 Å². The average molecular weight is 296 g/mol. The lowest BCUT2D eigenvalue weighted by Crippen LogP contribution is -2.37. The molecule has 0 aromatic carbocycles. The van der Waals surface area contributed by atoms with Crippen molar-refractivity contribution in [2.45, 2.75) is 71.9 Å². The number of ether oxygens (including phenoxy) is 1. The molecule has 114 valence electrons. The number of aromatic nitrogens is 1. The zero-order valence-corrected chi connectivity index (χ0v) is 14.1. The molecule has 0 atom stereocenters. The Morgan fingerprint density at radius 3 is 2.30 bits per heavy atom. The second-order valence-electron chi connectivity index (χ2n) is 6.54. The molecule has 20 heavy (non-hydrogen) atoms. The number of aryl methyl sites for hydroxylation is 1. The molecular weight excluding hydrogens is 268 g/mol. The average Bonchev–Trinajstić information content (AvgIpc) is 2.85. The summed E-state index contributed by atoms with van der Waals surface area (Å²) in [5.41, 5.74) is 7.29. The van der Waals surface area contributed by atoms with Crippen molar-refractivity contribution in [1.29, 1.82) is 0 Å². The van der Waals surface area contributed by atoms with E-state index in [0.29, 0.717) is 12.0 Å². The molecule has 3 nitrogen and oxygen atoms in total. The first-order valence-corrected chi connectivity index (χ1v) is 8.61. The maximum atomic E-state index is 6.21. The lowest BCUT2D eigenvalue weighted by atomic mass is 9.71. The lowest BCUT2D eigenvalue weighted by molar-refractivity contribution is -0.0891. The zero-order valence-electron chi connectivity index (χ0n) is 13.3. The first kappa shape index (κ1) is 15.9. The highest BCUT2D eigenvalue weighted by atomic mass is 32.1. The van der Waals surface area contributed by atoms with E-state index in [9.17, 15) is 0 Å². The minimum absolute atomic E-state index is 0.160. The van der Waals surface area contributed by atoms with Crippen LogP contribution in [0.4, 0.5) is 0 Å². The summed E-state index contributed by atoms with van der Waals surface area (Å²) in [6, 6.07) is 0. The standard InChI is InChI=1S/C16H28N2OS/c1-5-12-13(11-17)20-14(18-12)16(19-6-2)9-7-15(3,4)8-10-16/h5-11,17H2,1-4H3. The van der Waals surface area contributed by atoms with E-state index in [1.165, 1.54) is 17.7 Å². The molecule has 0 radical (unpaired) electrons. The molecule has 4 heteroatoms. The van der Waals surface area contributed by atoms with Gasteiger partial charge in [-0.25, -0.2) is 4.98 Å². The van der Waals surface area contributed by atoms with Crippen LogP contribution in [-0.2, 0) is 23.3 Å². The van der Waals surface area contributed by atoms with E-state index in [1.807, 2.05) is 0 Å². The SMILES string of the molecule is CCOC1(c2nc(CC)c(CN)s2)CCC(C)(C)CC1. The molecule has 0 aliphatic heterocycles. The molecule has 2 N–H and O–H groups in total. The van der Waals surface area contributed by atoms with Crippen molar-refractivity contribution in [3.63, 3.8) is 0 Å². The normalized spacial score (nSPS) is 21.1. The van der Waals surface area contributed by atoms with Crippen molar-refractivity contribution >= 4 is 11.3 Å². The fourth-order valence-corrected chi connectivity index (χ4v) is 4.27. The molecule has 1 fully saturated rings. The number of hydrogen-bond acceptors (Lipinski definition) is 4. The molecule has 0 spiro atoms. The molecule has 1 saturated carbocycles. The summed E-state index contributed by atoms with van der Waals surface area (Å²) in [7, 11) is 0. The Kier molecular flexibility index (Phi) is 4.88. The summed E-state index contributed by atoms with van der Waals surface area (Å²) < 4.78 is 6.21. The third kappa shape index (κ3) is 3.07. The third-order valence-electron chi connectivity index (χ3n) is 4.52. The van der Waals surface area contributed by atoms with E-state index in [2.05, 4.69) is 27.7 Å². The van der Waals surface area contributed by atoms with Gasteiger partial charge in [-0.05, 0) is 44.4 Å². The Hall–Kier alpha value is -0.450. The zero-order chi connectivity index (χ0) is 14.8. The van der Waals surface area contributed by atoms with E-state index < -0.39 is 0 Å². The summed E-state index contributed by atoms with van der Waals surface area (Å²) in [4.78, 5) is 6.10.